The summed E-state index contributed by atoms with van der Waals surface area (Å²) in [5, 5.41) is 8.85. The fourth-order valence-electron chi connectivity index (χ4n) is 1.36. The van der Waals surface area contributed by atoms with Crippen LogP contribution >= 0.6 is 0 Å². The summed E-state index contributed by atoms with van der Waals surface area (Å²) in [6.07, 6.45) is 0. The van der Waals surface area contributed by atoms with Crippen LogP contribution in [0.5, 0.6) is 0 Å². The molecule has 0 heterocycles. The van der Waals surface area contributed by atoms with Crippen molar-refractivity contribution in [3.63, 3.8) is 0 Å². The highest BCUT2D eigenvalue weighted by Crippen LogP contribution is 2.21. The SMILES string of the molecule is CC(C(=O)O)=C(C)c1ccccc1C. The summed E-state index contributed by atoms with van der Waals surface area (Å²) >= 11 is 0. The highest BCUT2D eigenvalue weighted by atomic mass is 16.4. The summed E-state index contributed by atoms with van der Waals surface area (Å²) in [6, 6.07) is 7.79. The number of carbonyl (C=O) groups is 1. The van der Waals surface area contributed by atoms with Crippen LogP contribution in [0.1, 0.15) is 25.0 Å². The first-order chi connectivity index (χ1) is 6.54. The van der Waals surface area contributed by atoms with Crippen molar-refractivity contribution in [1.82, 2.24) is 0 Å². The first kappa shape index (κ1) is 10.5. The lowest BCUT2D eigenvalue weighted by atomic mass is 9.98. The monoisotopic (exact) mass is 190 g/mol. The van der Waals surface area contributed by atoms with Crippen LogP contribution < -0.4 is 0 Å². The van der Waals surface area contributed by atoms with Gasteiger partial charge in [0.15, 0.2) is 0 Å². The van der Waals surface area contributed by atoms with E-state index in [9.17, 15) is 4.79 Å². The van der Waals surface area contributed by atoms with Gasteiger partial charge in [0.05, 0.1) is 0 Å². The third-order valence-electron chi connectivity index (χ3n) is 2.43. The van der Waals surface area contributed by atoms with Gasteiger partial charge in [0.2, 0.25) is 0 Å². The van der Waals surface area contributed by atoms with Gasteiger partial charge in [-0.2, -0.15) is 0 Å². The molecule has 1 aromatic rings. The fraction of sp³-hybridized carbons (Fsp3) is 0.250. The molecule has 1 aromatic carbocycles. The molecule has 0 saturated heterocycles. The topological polar surface area (TPSA) is 37.3 Å². The normalized spacial score (nSPS) is 12.2. The minimum Gasteiger partial charge on any atom is -0.478 e. The van der Waals surface area contributed by atoms with Gasteiger partial charge >= 0.3 is 5.97 Å². The van der Waals surface area contributed by atoms with Crippen LogP contribution in [0.15, 0.2) is 29.8 Å². The largest absolute Gasteiger partial charge is 0.478 e. The van der Waals surface area contributed by atoms with Gasteiger partial charge in [0, 0.05) is 5.57 Å². The molecule has 0 saturated carbocycles. The van der Waals surface area contributed by atoms with Crippen LogP contribution in [0.3, 0.4) is 0 Å². The van der Waals surface area contributed by atoms with Gasteiger partial charge in [-0.05, 0) is 37.5 Å². The second kappa shape index (κ2) is 4.09. The minimum absolute atomic E-state index is 0.402. The lowest BCUT2D eigenvalue weighted by Gasteiger charge is -2.07. The Morgan fingerprint density at radius 2 is 1.79 bits per heavy atom. The fourth-order valence-corrected chi connectivity index (χ4v) is 1.36. The maximum absolute atomic E-state index is 10.8. The molecule has 0 aliphatic heterocycles. The van der Waals surface area contributed by atoms with E-state index in [1.807, 2.05) is 38.1 Å². The lowest BCUT2D eigenvalue weighted by Crippen LogP contribution is -1.99. The van der Waals surface area contributed by atoms with E-state index in [-0.39, 0.29) is 0 Å². The Balaban J connectivity index is 3.25. The molecule has 0 unspecified atom stereocenters. The van der Waals surface area contributed by atoms with Gasteiger partial charge < -0.3 is 5.11 Å². The summed E-state index contributed by atoms with van der Waals surface area (Å²) in [5.41, 5.74) is 3.34. The number of allylic oxidation sites excluding steroid dienone is 1. The number of carboxylic acids is 1. The lowest BCUT2D eigenvalue weighted by molar-refractivity contribution is -0.132. The van der Waals surface area contributed by atoms with E-state index in [1.54, 1.807) is 6.92 Å². The van der Waals surface area contributed by atoms with Crippen molar-refractivity contribution in [3.8, 4) is 0 Å². The van der Waals surface area contributed by atoms with Crippen molar-refractivity contribution in [1.29, 1.82) is 0 Å². The Bertz CT molecular complexity index is 389. The third kappa shape index (κ3) is 2.02. The zero-order valence-corrected chi connectivity index (χ0v) is 8.66. The maximum atomic E-state index is 10.8. The molecule has 0 atom stereocenters. The molecule has 0 aliphatic carbocycles. The summed E-state index contributed by atoms with van der Waals surface area (Å²) in [7, 11) is 0. The molecule has 0 aliphatic rings. The molecule has 0 amide bonds. The summed E-state index contributed by atoms with van der Waals surface area (Å²) in [6.45, 7) is 5.45. The van der Waals surface area contributed by atoms with Crippen molar-refractivity contribution in [2.45, 2.75) is 20.8 Å². The first-order valence-electron chi connectivity index (χ1n) is 4.51. The third-order valence-corrected chi connectivity index (χ3v) is 2.43. The Morgan fingerprint density at radius 3 is 2.29 bits per heavy atom. The minimum atomic E-state index is -0.856. The number of aliphatic carboxylic acids is 1. The number of hydrogen-bond donors (Lipinski definition) is 1. The van der Waals surface area contributed by atoms with E-state index in [0.29, 0.717) is 5.57 Å². The van der Waals surface area contributed by atoms with Crippen LogP contribution in [-0.2, 0) is 4.79 Å². The van der Waals surface area contributed by atoms with Crippen molar-refractivity contribution in [3.05, 3.63) is 41.0 Å². The number of rotatable bonds is 2. The second-order valence-electron chi connectivity index (χ2n) is 3.37. The summed E-state index contributed by atoms with van der Waals surface area (Å²) < 4.78 is 0. The first-order valence-corrected chi connectivity index (χ1v) is 4.51. The molecular formula is C12H14O2. The van der Waals surface area contributed by atoms with E-state index in [0.717, 1.165) is 16.7 Å². The molecule has 0 fully saturated rings. The smallest absolute Gasteiger partial charge is 0.331 e. The van der Waals surface area contributed by atoms with E-state index in [1.165, 1.54) is 0 Å². The molecule has 0 bridgehead atoms. The Kier molecular flexibility index (Phi) is 3.07. The summed E-state index contributed by atoms with van der Waals surface area (Å²) in [4.78, 5) is 10.8. The van der Waals surface area contributed by atoms with E-state index in [2.05, 4.69) is 0 Å². The Hall–Kier alpha value is -1.57. The Labute approximate surface area is 83.9 Å². The van der Waals surface area contributed by atoms with Gasteiger partial charge in [-0.1, -0.05) is 24.3 Å². The van der Waals surface area contributed by atoms with E-state index in [4.69, 9.17) is 5.11 Å². The van der Waals surface area contributed by atoms with Crippen molar-refractivity contribution < 1.29 is 9.90 Å². The number of carboxylic acid groups (broad SMARTS) is 1. The highest BCUT2D eigenvalue weighted by molar-refractivity contribution is 5.95. The van der Waals surface area contributed by atoms with Crippen LogP contribution in [0, 0.1) is 6.92 Å². The van der Waals surface area contributed by atoms with Gasteiger partial charge in [0.25, 0.3) is 0 Å². The highest BCUT2D eigenvalue weighted by Gasteiger charge is 2.08. The quantitative estimate of drug-likeness (QED) is 0.728. The number of benzene rings is 1. The van der Waals surface area contributed by atoms with Gasteiger partial charge in [-0.3, -0.25) is 0 Å². The van der Waals surface area contributed by atoms with Crippen LogP contribution in [0.4, 0.5) is 0 Å². The molecule has 2 nitrogen and oxygen atoms in total. The van der Waals surface area contributed by atoms with Gasteiger partial charge in [0.1, 0.15) is 0 Å². The van der Waals surface area contributed by atoms with Crippen LogP contribution in [0.25, 0.3) is 5.57 Å². The van der Waals surface area contributed by atoms with E-state index < -0.39 is 5.97 Å². The predicted molar refractivity (Wildman–Crippen MR) is 57.1 cm³/mol. The van der Waals surface area contributed by atoms with Gasteiger partial charge in [-0.15, -0.1) is 0 Å². The molecular weight excluding hydrogens is 176 g/mol. The molecule has 74 valence electrons. The number of hydrogen-bond acceptors (Lipinski definition) is 1. The van der Waals surface area contributed by atoms with E-state index >= 15 is 0 Å². The van der Waals surface area contributed by atoms with Crippen molar-refractivity contribution in [2.75, 3.05) is 0 Å². The maximum Gasteiger partial charge on any atom is 0.331 e. The average molecular weight is 190 g/mol. The standard InChI is InChI=1S/C12H14O2/c1-8-6-4-5-7-11(8)9(2)10(3)12(13)14/h4-7H,1-3H3,(H,13,14). The van der Waals surface area contributed by atoms with Crippen LogP contribution in [0.2, 0.25) is 0 Å². The van der Waals surface area contributed by atoms with Crippen molar-refractivity contribution in [2.24, 2.45) is 0 Å². The molecule has 2 heteroatoms. The van der Waals surface area contributed by atoms with Gasteiger partial charge in [-0.25, -0.2) is 4.79 Å². The average Bonchev–Trinajstić information content (AvgIpc) is 2.16. The Morgan fingerprint density at radius 1 is 1.21 bits per heavy atom. The molecule has 0 radical (unpaired) electrons. The molecule has 0 spiro atoms. The molecule has 1 rings (SSSR count). The molecule has 1 N–H and O–H groups in total. The zero-order valence-electron chi connectivity index (χ0n) is 8.66. The summed E-state index contributed by atoms with van der Waals surface area (Å²) in [5.74, 6) is -0.856. The molecule has 14 heavy (non-hydrogen) atoms. The molecule has 0 aromatic heterocycles. The number of aryl methyl sites for hydroxylation is 1. The van der Waals surface area contributed by atoms with Crippen molar-refractivity contribution >= 4 is 11.5 Å². The zero-order chi connectivity index (χ0) is 10.7. The van der Waals surface area contributed by atoms with Crippen LogP contribution in [-0.4, -0.2) is 11.1 Å². The predicted octanol–water partition coefficient (Wildman–Crippen LogP) is 2.87. The second-order valence-corrected chi connectivity index (χ2v) is 3.37.